The van der Waals surface area contributed by atoms with Gasteiger partial charge in [-0.05, 0) is 25.0 Å². The normalized spacial score (nSPS) is 18.1. The molecular weight excluding hydrogens is 238 g/mol. The highest BCUT2D eigenvalue weighted by Crippen LogP contribution is 2.18. The molecule has 0 spiro atoms. The first-order chi connectivity index (χ1) is 8.09. The second kappa shape index (κ2) is 5.03. The number of rotatable bonds is 3. The van der Waals surface area contributed by atoms with E-state index in [1.165, 1.54) is 6.07 Å². The summed E-state index contributed by atoms with van der Waals surface area (Å²) in [6.07, 6.45) is 3.20. The first-order valence-corrected chi connectivity index (χ1v) is 7.20. The van der Waals surface area contributed by atoms with Crippen LogP contribution in [0.2, 0.25) is 0 Å². The van der Waals surface area contributed by atoms with Gasteiger partial charge in [0, 0.05) is 13.1 Å². The molecule has 5 nitrogen and oxygen atoms in total. The van der Waals surface area contributed by atoms with Gasteiger partial charge in [-0.15, -0.1) is 4.83 Å². The highest BCUT2D eigenvalue weighted by molar-refractivity contribution is 7.89. The van der Waals surface area contributed by atoms with Gasteiger partial charge in [0.25, 0.3) is 10.0 Å². The maximum absolute atomic E-state index is 12.1. The van der Waals surface area contributed by atoms with Crippen molar-refractivity contribution in [2.75, 3.05) is 18.8 Å². The number of para-hydroxylation sites is 1. The average molecular weight is 255 g/mol. The number of nitrogens with one attached hydrogen (secondary N) is 1. The van der Waals surface area contributed by atoms with Gasteiger partial charge in [-0.25, -0.2) is 13.4 Å². The van der Waals surface area contributed by atoms with Crippen molar-refractivity contribution in [2.45, 2.75) is 24.2 Å². The highest BCUT2D eigenvalue weighted by atomic mass is 32.2. The molecule has 1 heterocycles. The Morgan fingerprint density at radius 3 is 2.41 bits per heavy atom. The van der Waals surface area contributed by atoms with Crippen molar-refractivity contribution in [2.24, 2.45) is 0 Å². The topological polar surface area (TPSA) is 75.4 Å². The Bertz CT molecular complexity index is 481. The molecule has 0 radical (unpaired) electrons. The van der Waals surface area contributed by atoms with E-state index in [1.54, 1.807) is 23.2 Å². The second-order valence-electron chi connectivity index (χ2n) is 4.18. The minimum atomic E-state index is -3.54. The smallest absolute Gasteiger partial charge is 0.255 e. The fourth-order valence-corrected chi connectivity index (χ4v) is 3.19. The fourth-order valence-electron chi connectivity index (χ4n) is 1.93. The monoisotopic (exact) mass is 255 g/mol. The number of anilines is 1. The lowest BCUT2D eigenvalue weighted by molar-refractivity contribution is 0.200. The third kappa shape index (κ3) is 2.96. The summed E-state index contributed by atoms with van der Waals surface area (Å²) >= 11 is 0. The van der Waals surface area contributed by atoms with Crippen LogP contribution in [-0.2, 0) is 10.0 Å². The molecule has 17 heavy (non-hydrogen) atoms. The molecule has 6 heteroatoms. The number of hydrazine groups is 1. The van der Waals surface area contributed by atoms with Crippen molar-refractivity contribution in [3.8, 4) is 0 Å². The van der Waals surface area contributed by atoms with E-state index in [2.05, 4.69) is 4.83 Å². The van der Waals surface area contributed by atoms with E-state index < -0.39 is 10.0 Å². The van der Waals surface area contributed by atoms with Crippen molar-refractivity contribution in [3.63, 3.8) is 0 Å². The molecule has 0 unspecified atom stereocenters. The van der Waals surface area contributed by atoms with E-state index in [-0.39, 0.29) is 10.6 Å². The van der Waals surface area contributed by atoms with E-state index in [0.29, 0.717) is 0 Å². The van der Waals surface area contributed by atoms with E-state index in [0.717, 1.165) is 32.4 Å². The summed E-state index contributed by atoms with van der Waals surface area (Å²) in [5.74, 6) is 0. The standard InChI is InChI=1S/C11H17N3O2S/c12-10-6-2-3-7-11(10)17(15,16)13-14-8-4-1-5-9-14/h2-3,6-7,13H,1,4-5,8-9,12H2. The predicted octanol–water partition coefficient (Wildman–Crippen LogP) is 0.948. The number of piperidine rings is 1. The van der Waals surface area contributed by atoms with Crippen LogP contribution in [0.1, 0.15) is 19.3 Å². The van der Waals surface area contributed by atoms with Crippen LogP contribution < -0.4 is 10.6 Å². The van der Waals surface area contributed by atoms with Crippen LogP contribution in [0.15, 0.2) is 29.2 Å². The van der Waals surface area contributed by atoms with Crippen LogP contribution in [0.4, 0.5) is 5.69 Å². The molecule has 3 N–H and O–H groups in total. The van der Waals surface area contributed by atoms with E-state index in [4.69, 9.17) is 5.73 Å². The molecule has 0 aliphatic carbocycles. The maximum Gasteiger partial charge on any atom is 0.255 e. The average Bonchev–Trinajstić information content (AvgIpc) is 2.30. The summed E-state index contributed by atoms with van der Waals surface area (Å²) in [7, 11) is -3.54. The van der Waals surface area contributed by atoms with Crippen molar-refractivity contribution in [1.82, 2.24) is 9.84 Å². The first kappa shape index (κ1) is 12.3. The molecular formula is C11H17N3O2S. The van der Waals surface area contributed by atoms with Crippen LogP contribution >= 0.6 is 0 Å². The molecule has 0 bridgehead atoms. The number of nitrogen functional groups attached to an aromatic ring is 1. The number of hydrogen-bond acceptors (Lipinski definition) is 4. The zero-order chi connectivity index (χ0) is 12.3. The van der Waals surface area contributed by atoms with Crippen LogP contribution in [0.25, 0.3) is 0 Å². The molecule has 0 atom stereocenters. The SMILES string of the molecule is Nc1ccccc1S(=O)(=O)NN1CCCCC1. The van der Waals surface area contributed by atoms with Gasteiger partial charge in [0.2, 0.25) is 0 Å². The molecule has 1 saturated heterocycles. The summed E-state index contributed by atoms with van der Waals surface area (Å²) in [5, 5.41) is 1.74. The minimum Gasteiger partial charge on any atom is -0.398 e. The predicted molar refractivity (Wildman–Crippen MR) is 66.6 cm³/mol. The van der Waals surface area contributed by atoms with Crippen molar-refractivity contribution >= 4 is 15.7 Å². The van der Waals surface area contributed by atoms with E-state index in [9.17, 15) is 8.42 Å². The van der Waals surface area contributed by atoms with Crippen LogP contribution in [0, 0.1) is 0 Å². The van der Waals surface area contributed by atoms with Gasteiger partial charge in [-0.1, -0.05) is 18.6 Å². The fraction of sp³-hybridized carbons (Fsp3) is 0.455. The molecule has 1 aromatic carbocycles. The second-order valence-corrected chi connectivity index (χ2v) is 5.81. The molecule has 1 aromatic rings. The molecule has 1 aliphatic rings. The summed E-state index contributed by atoms with van der Waals surface area (Å²) < 4.78 is 24.2. The molecule has 2 rings (SSSR count). The van der Waals surface area contributed by atoms with Crippen molar-refractivity contribution < 1.29 is 8.42 Å². The number of nitrogens with two attached hydrogens (primary N) is 1. The Morgan fingerprint density at radius 1 is 1.12 bits per heavy atom. The van der Waals surface area contributed by atoms with Gasteiger partial charge in [0.05, 0.1) is 5.69 Å². The Morgan fingerprint density at radius 2 is 1.76 bits per heavy atom. The number of sulfonamides is 1. The van der Waals surface area contributed by atoms with Gasteiger partial charge in [0.1, 0.15) is 4.90 Å². The molecule has 94 valence electrons. The number of benzene rings is 1. The highest BCUT2D eigenvalue weighted by Gasteiger charge is 2.21. The van der Waals surface area contributed by atoms with Crippen LogP contribution in [0.5, 0.6) is 0 Å². The summed E-state index contributed by atoms with van der Waals surface area (Å²) in [5.41, 5.74) is 5.95. The van der Waals surface area contributed by atoms with Gasteiger partial charge in [-0.3, -0.25) is 0 Å². The van der Waals surface area contributed by atoms with Crippen LogP contribution in [0.3, 0.4) is 0 Å². The summed E-state index contributed by atoms with van der Waals surface area (Å²) in [6.45, 7) is 1.51. The van der Waals surface area contributed by atoms with Gasteiger partial charge >= 0.3 is 0 Å². The van der Waals surface area contributed by atoms with E-state index in [1.807, 2.05) is 0 Å². The van der Waals surface area contributed by atoms with E-state index >= 15 is 0 Å². The lowest BCUT2D eigenvalue weighted by atomic mass is 10.2. The summed E-state index contributed by atoms with van der Waals surface area (Å²) in [6, 6.07) is 6.49. The van der Waals surface area contributed by atoms with Gasteiger partial charge < -0.3 is 5.73 Å². The van der Waals surface area contributed by atoms with Crippen molar-refractivity contribution in [1.29, 1.82) is 0 Å². The molecule has 0 saturated carbocycles. The van der Waals surface area contributed by atoms with Crippen LogP contribution in [-0.4, -0.2) is 26.5 Å². The summed E-state index contributed by atoms with van der Waals surface area (Å²) in [4.78, 5) is 2.72. The Kier molecular flexibility index (Phi) is 3.66. The lowest BCUT2D eigenvalue weighted by Crippen LogP contribution is -2.45. The first-order valence-electron chi connectivity index (χ1n) is 5.71. The molecule has 1 aliphatic heterocycles. The Balaban J connectivity index is 2.16. The molecule has 1 fully saturated rings. The quantitative estimate of drug-likeness (QED) is 0.788. The zero-order valence-corrected chi connectivity index (χ0v) is 10.4. The third-order valence-corrected chi connectivity index (χ3v) is 4.26. The number of nitrogens with zero attached hydrogens (tertiary/aromatic N) is 1. The van der Waals surface area contributed by atoms with Crippen molar-refractivity contribution in [3.05, 3.63) is 24.3 Å². The maximum atomic E-state index is 12.1. The zero-order valence-electron chi connectivity index (χ0n) is 9.59. The minimum absolute atomic E-state index is 0.144. The lowest BCUT2D eigenvalue weighted by Gasteiger charge is -2.26. The Hall–Kier alpha value is -1.11. The molecule has 0 amide bonds. The third-order valence-electron chi connectivity index (χ3n) is 2.81. The molecule has 0 aromatic heterocycles. The Labute approximate surface area is 102 Å². The van der Waals surface area contributed by atoms with Gasteiger partial charge in [-0.2, -0.15) is 0 Å². The largest absolute Gasteiger partial charge is 0.398 e. The number of hydrogen-bond donors (Lipinski definition) is 2. The van der Waals surface area contributed by atoms with Gasteiger partial charge in [0.15, 0.2) is 0 Å².